The van der Waals surface area contributed by atoms with Gasteiger partial charge in [0.2, 0.25) is 6.79 Å². The Morgan fingerprint density at radius 2 is 1.90 bits per heavy atom. The highest BCUT2D eigenvalue weighted by Gasteiger charge is 2.25. The predicted molar refractivity (Wildman–Crippen MR) is 103 cm³/mol. The summed E-state index contributed by atoms with van der Waals surface area (Å²) in [6, 6.07) is 2.84. The van der Waals surface area contributed by atoms with E-state index in [4.69, 9.17) is 14.2 Å². The lowest BCUT2D eigenvalue weighted by Crippen LogP contribution is -2.41. The molecule has 1 fully saturated rings. The van der Waals surface area contributed by atoms with Gasteiger partial charge in [0, 0.05) is 19.2 Å². The Kier molecular flexibility index (Phi) is 6.36. The number of nitrogens with zero attached hydrogens (tertiary/aromatic N) is 2. The number of esters is 1. The van der Waals surface area contributed by atoms with E-state index < -0.39 is 10.9 Å². The molecule has 0 saturated heterocycles. The number of amides is 1. The zero-order chi connectivity index (χ0) is 21.0. The van der Waals surface area contributed by atoms with E-state index in [-0.39, 0.29) is 42.3 Å². The summed E-state index contributed by atoms with van der Waals surface area (Å²) in [4.78, 5) is 36.6. The highest BCUT2D eigenvalue weighted by Crippen LogP contribution is 2.38. The molecule has 1 heterocycles. The molecule has 0 aromatic heterocycles. The van der Waals surface area contributed by atoms with Crippen molar-refractivity contribution in [1.82, 2.24) is 4.90 Å². The van der Waals surface area contributed by atoms with Crippen molar-refractivity contribution in [3.8, 4) is 11.5 Å². The van der Waals surface area contributed by atoms with Gasteiger partial charge in [0.1, 0.15) is 0 Å². The molecule has 3 rings (SSSR count). The quantitative estimate of drug-likeness (QED) is 0.310. The Morgan fingerprint density at radius 1 is 1.24 bits per heavy atom. The van der Waals surface area contributed by atoms with Crippen molar-refractivity contribution in [2.24, 2.45) is 5.92 Å². The average molecular weight is 404 g/mol. The van der Waals surface area contributed by atoms with Gasteiger partial charge in [0.15, 0.2) is 18.1 Å². The fourth-order valence-electron chi connectivity index (χ4n) is 3.51. The van der Waals surface area contributed by atoms with Crippen molar-refractivity contribution < 1.29 is 28.7 Å². The number of ether oxygens (including phenoxy) is 3. The molecule has 9 nitrogen and oxygen atoms in total. The van der Waals surface area contributed by atoms with Gasteiger partial charge in [-0.2, -0.15) is 0 Å². The number of fused-ring (bicyclic) bond motifs is 1. The minimum Gasteiger partial charge on any atom is -0.454 e. The van der Waals surface area contributed by atoms with Gasteiger partial charge in [0.25, 0.3) is 11.6 Å². The van der Waals surface area contributed by atoms with Crippen LogP contribution in [0.25, 0.3) is 6.08 Å². The van der Waals surface area contributed by atoms with Gasteiger partial charge in [-0.05, 0) is 43.7 Å². The summed E-state index contributed by atoms with van der Waals surface area (Å²) < 4.78 is 15.3. The second-order valence-corrected chi connectivity index (χ2v) is 7.38. The van der Waals surface area contributed by atoms with E-state index in [2.05, 4.69) is 6.92 Å². The minimum atomic E-state index is -0.754. The standard InChI is InChI=1S/C20H24N2O7/c1-13-3-6-15(7-4-13)21(2)19(23)11-27-20(24)8-5-14-9-17-18(29-12-28-17)10-16(14)22(25)26/h5,8-10,13,15H,3-4,6-7,11-12H2,1-2H3/b8-5+. The number of nitro groups is 1. The van der Waals surface area contributed by atoms with Gasteiger partial charge in [0.05, 0.1) is 16.6 Å². The van der Waals surface area contributed by atoms with Crippen molar-refractivity contribution in [3.05, 3.63) is 33.9 Å². The lowest BCUT2D eigenvalue weighted by Gasteiger charge is -2.33. The van der Waals surface area contributed by atoms with E-state index in [1.165, 1.54) is 18.2 Å². The normalized spacial score (nSPS) is 20.5. The third kappa shape index (κ3) is 5.04. The third-order valence-electron chi connectivity index (χ3n) is 5.38. The van der Waals surface area contributed by atoms with Crippen molar-refractivity contribution >= 4 is 23.6 Å². The first kappa shape index (κ1) is 20.6. The lowest BCUT2D eigenvalue weighted by atomic mass is 9.87. The van der Waals surface area contributed by atoms with E-state index in [1.807, 2.05) is 0 Å². The zero-order valence-corrected chi connectivity index (χ0v) is 16.5. The molecule has 2 aliphatic rings. The van der Waals surface area contributed by atoms with E-state index in [0.717, 1.165) is 31.8 Å². The monoisotopic (exact) mass is 404 g/mol. The molecule has 0 N–H and O–H groups in total. The first-order valence-electron chi connectivity index (χ1n) is 9.53. The molecule has 9 heteroatoms. The predicted octanol–water partition coefficient (Wildman–Crippen LogP) is 2.92. The largest absolute Gasteiger partial charge is 0.454 e. The molecular formula is C20H24N2O7. The van der Waals surface area contributed by atoms with Crippen molar-refractivity contribution in [3.63, 3.8) is 0 Å². The fourth-order valence-corrected chi connectivity index (χ4v) is 3.51. The van der Waals surface area contributed by atoms with E-state index in [0.29, 0.717) is 11.7 Å². The van der Waals surface area contributed by atoms with Crippen LogP contribution in [0.15, 0.2) is 18.2 Å². The molecule has 1 aromatic carbocycles. The molecule has 0 unspecified atom stereocenters. The average Bonchev–Trinajstić information content (AvgIpc) is 3.17. The second kappa shape index (κ2) is 8.93. The molecule has 1 aliphatic heterocycles. The first-order valence-corrected chi connectivity index (χ1v) is 9.53. The number of nitro benzene ring substituents is 1. The Balaban J connectivity index is 1.56. The molecule has 0 spiro atoms. The number of benzene rings is 1. The van der Waals surface area contributed by atoms with Gasteiger partial charge in [-0.3, -0.25) is 14.9 Å². The molecule has 1 amide bonds. The van der Waals surface area contributed by atoms with Crippen LogP contribution < -0.4 is 9.47 Å². The Hall–Kier alpha value is -3.10. The fraction of sp³-hybridized carbons (Fsp3) is 0.500. The van der Waals surface area contributed by atoms with Gasteiger partial charge < -0.3 is 19.1 Å². The van der Waals surface area contributed by atoms with E-state index in [9.17, 15) is 19.7 Å². The number of hydrogen-bond donors (Lipinski definition) is 0. The Bertz CT molecular complexity index is 828. The van der Waals surface area contributed by atoms with Crippen LogP contribution in [0.3, 0.4) is 0 Å². The van der Waals surface area contributed by atoms with Gasteiger partial charge >= 0.3 is 5.97 Å². The first-order chi connectivity index (χ1) is 13.8. The second-order valence-electron chi connectivity index (χ2n) is 7.38. The van der Waals surface area contributed by atoms with Crippen LogP contribution in [-0.4, -0.2) is 48.2 Å². The van der Waals surface area contributed by atoms with Crippen LogP contribution in [0.2, 0.25) is 0 Å². The Labute approximate surface area is 168 Å². The van der Waals surface area contributed by atoms with Crippen LogP contribution in [0, 0.1) is 16.0 Å². The minimum absolute atomic E-state index is 0.0166. The summed E-state index contributed by atoms with van der Waals surface area (Å²) in [6.45, 7) is 1.82. The van der Waals surface area contributed by atoms with Crippen molar-refractivity contribution in [2.45, 2.75) is 38.6 Å². The molecule has 0 atom stereocenters. The molecule has 1 aromatic rings. The SMILES string of the molecule is CC1CCC(N(C)C(=O)COC(=O)/C=C/c2cc3c(cc2[N+](=O)[O-])OCO3)CC1. The molecule has 1 aliphatic carbocycles. The van der Waals surface area contributed by atoms with Crippen LogP contribution in [0.4, 0.5) is 5.69 Å². The van der Waals surface area contributed by atoms with Crippen LogP contribution in [0.1, 0.15) is 38.2 Å². The smallest absolute Gasteiger partial charge is 0.331 e. The van der Waals surface area contributed by atoms with Crippen molar-refractivity contribution in [1.29, 1.82) is 0 Å². The summed E-state index contributed by atoms with van der Waals surface area (Å²) in [5.41, 5.74) is -0.0448. The van der Waals surface area contributed by atoms with E-state index >= 15 is 0 Å². The topological polar surface area (TPSA) is 108 Å². The zero-order valence-electron chi connectivity index (χ0n) is 16.5. The van der Waals surface area contributed by atoms with Gasteiger partial charge in [-0.25, -0.2) is 4.79 Å². The highest BCUT2D eigenvalue weighted by atomic mass is 16.7. The molecular weight excluding hydrogens is 380 g/mol. The summed E-state index contributed by atoms with van der Waals surface area (Å²) in [7, 11) is 1.72. The van der Waals surface area contributed by atoms with Crippen LogP contribution in [-0.2, 0) is 14.3 Å². The number of hydrogen-bond acceptors (Lipinski definition) is 7. The number of carbonyl (C=O) groups is 2. The number of carbonyl (C=O) groups excluding carboxylic acids is 2. The molecule has 0 radical (unpaired) electrons. The molecule has 0 bridgehead atoms. The van der Waals surface area contributed by atoms with Crippen molar-refractivity contribution in [2.75, 3.05) is 20.4 Å². The highest BCUT2D eigenvalue weighted by molar-refractivity contribution is 5.90. The number of rotatable bonds is 6. The van der Waals surface area contributed by atoms with Crippen LogP contribution >= 0.6 is 0 Å². The van der Waals surface area contributed by atoms with Crippen LogP contribution in [0.5, 0.6) is 11.5 Å². The maximum Gasteiger partial charge on any atom is 0.331 e. The maximum absolute atomic E-state index is 12.3. The summed E-state index contributed by atoms with van der Waals surface area (Å²) in [5, 5.41) is 11.2. The van der Waals surface area contributed by atoms with Gasteiger partial charge in [-0.15, -0.1) is 0 Å². The molecule has 1 saturated carbocycles. The van der Waals surface area contributed by atoms with Gasteiger partial charge in [-0.1, -0.05) is 6.92 Å². The summed E-state index contributed by atoms with van der Waals surface area (Å²) >= 11 is 0. The molecule has 29 heavy (non-hydrogen) atoms. The number of likely N-dealkylation sites (N-methyl/N-ethyl adjacent to an activating group) is 1. The summed E-state index contributed by atoms with van der Waals surface area (Å²) in [5.74, 6) is 0.304. The Morgan fingerprint density at radius 3 is 2.55 bits per heavy atom. The molecule has 156 valence electrons. The third-order valence-corrected chi connectivity index (χ3v) is 5.38. The van der Waals surface area contributed by atoms with E-state index in [1.54, 1.807) is 11.9 Å². The maximum atomic E-state index is 12.3. The lowest BCUT2D eigenvalue weighted by molar-refractivity contribution is -0.385. The summed E-state index contributed by atoms with van der Waals surface area (Å²) in [6.07, 6.45) is 6.38.